The lowest BCUT2D eigenvalue weighted by atomic mass is 10.0. The van der Waals surface area contributed by atoms with Gasteiger partial charge in [-0.3, -0.25) is 14.3 Å². The molecule has 40 heavy (non-hydrogen) atoms. The molecular formula is C30H50N2O6Si2. The first-order chi connectivity index (χ1) is 18.3. The molecule has 2 heterocycles. The number of hydrogen-bond donors (Lipinski definition) is 2. The van der Waals surface area contributed by atoms with Crippen LogP contribution in [-0.4, -0.2) is 56.2 Å². The van der Waals surface area contributed by atoms with Crippen molar-refractivity contribution in [2.45, 2.75) is 122 Å². The minimum absolute atomic E-state index is 0.00675. The summed E-state index contributed by atoms with van der Waals surface area (Å²) in [5, 5.41) is 10.8. The summed E-state index contributed by atoms with van der Waals surface area (Å²) in [6.45, 7) is 22.4. The fourth-order valence-corrected chi connectivity index (χ4v) is 6.68. The van der Waals surface area contributed by atoms with Crippen molar-refractivity contribution < 1.29 is 18.7 Å². The van der Waals surface area contributed by atoms with E-state index in [-0.39, 0.29) is 28.7 Å². The molecule has 1 aliphatic rings. The molecule has 224 valence electrons. The molecule has 1 aromatic heterocycles. The summed E-state index contributed by atoms with van der Waals surface area (Å²) < 4.78 is 21.3. The number of ether oxygens (including phenoxy) is 1. The quantitative estimate of drug-likeness (QED) is 0.360. The van der Waals surface area contributed by atoms with Crippen LogP contribution in [0.5, 0.6) is 0 Å². The Morgan fingerprint density at radius 1 is 1.00 bits per heavy atom. The third-order valence-electron chi connectivity index (χ3n) is 8.97. The van der Waals surface area contributed by atoms with Crippen molar-refractivity contribution in [2.24, 2.45) is 0 Å². The van der Waals surface area contributed by atoms with E-state index in [1.165, 1.54) is 4.57 Å². The van der Waals surface area contributed by atoms with Gasteiger partial charge in [0.15, 0.2) is 16.6 Å². The predicted molar refractivity (Wildman–Crippen MR) is 165 cm³/mol. The molecule has 10 heteroatoms. The van der Waals surface area contributed by atoms with Crippen LogP contribution in [0.1, 0.15) is 65.3 Å². The van der Waals surface area contributed by atoms with Crippen LogP contribution in [0.2, 0.25) is 36.3 Å². The van der Waals surface area contributed by atoms with Gasteiger partial charge >= 0.3 is 5.69 Å². The second kappa shape index (κ2) is 12.2. The maximum absolute atomic E-state index is 13.0. The van der Waals surface area contributed by atoms with Crippen LogP contribution in [0.15, 0.2) is 46.1 Å². The van der Waals surface area contributed by atoms with Gasteiger partial charge in [-0.15, -0.1) is 0 Å². The zero-order valence-corrected chi connectivity index (χ0v) is 28.0. The van der Waals surface area contributed by atoms with E-state index < -0.39 is 40.2 Å². The molecule has 8 nitrogen and oxygen atoms in total. The van der Waals surface area contributed by atoms with Gasteiger partial charge in [-0.25, -0.2) is 4.79 Å². The van der Waals surface area contributed by atoms with Gasteiger partial charge in [-0.05, 0) is 48.2 Å². The highest BCUT2D eigenvalue weighted by atomic mass is 28.4. The molecule has 1 aromatic carbocycles. The van der Waals surface area contributed by atoms with Gasteiger partial charge in [-0.1, -0.05) is 71.9 Å². The number of nitrogens with zero attached hydrogens (tertiary/aromatic N) is 1. The first-order valence-electron chi connectivity index (χ1n) is 14.3. The minimum atomic E-state index is -2.15. The molecule has 0 aliphatic carbocycles. The number of hydrogen-bond acceptors (Lipinski definition) is 6. The van der Waals surface area contributed by atoms with Gasteiger partial charge in [0.2, 0.25) is 0 Å². The van der Waals surface area contributed by atoms with Gasteiger partial charge in [0, 0.05) is 24.6 Å². The van der Waals surface area contributed by atoms with Gasteiger partial charge in [0.05, 0.1) is 18.8 Å². The molecule has 1 unspecified atom stereocenters. The molecule has 2 aromatic rings. The van der Waals surface area contributed by atoms with Crippen molar-refractivity contribution >= 4 is 16.6 Å². The van der Waals surface area contributed by atoms with E-state index in [0.717, 1.165) is 5.56 Å². The molecule has 4 atom stereocenters. The van der Waals surface area contributed by atoms with E-state index in [4.69, 9.17) is 13.6 Å². The number of benzene rings is 1. The number of H-pyrrole nitrogens is 1. The van der Waals surface area contributed by atoms with E-state index in [1.54, 1.807) is 6.20 Å². The van der Waals surface area contributed by atoms with Gasteiger partial charge in [-0.2, -0.15) is 0 Å². The lowest BCUT2D eigenvalue weighted by Crippen LogP contribution is -2.48. The highest BCUT2D eigenvalue weighted by Crippen LogP contribution is 2.42. The summed E-state index contributed by atoms with van der Waals surface area (Å²) >= 11 is 0. The van der Waals surface area contributed by atoms with Gasteiger partial charge in [0.25, 0.3) is 5.56 Å². The fraction of sp³-hybridized carbons (Fsp3) is 0.667. The number of aliphatic hydroxyl groups excluding tert-OH is 1. The Hall–Kier alpha value is -1.83. The van der Waals surface area contributed by atoms with E-state index in [0.29, 0.717) is 25.0 Å². The predicted octanol–water partition coefficient (Wildman–Crippen LogP) is 5.38. The van der Waals surface area contributed by atoms with Gasteiger partial charge in [0.1, 0.15) is 12.3 Å². The number of rotatable bonds is 10. The number of aliphatic hydroxyl groups is 1. The molecule has 0 bridgehead atoms. The van der Waals surface area contributed by atoms with Crippen LogP contribution in [0, 0.1) is 0 Å². The summed E-state index contributed by atoms with van der Waals surface area (Å²) in [5.41, 5.74) is 0.301. The maximum Gasteiger partial charge on any atom is 0.330 e. The molecule has 1 fully saturated rings. The lowest BCUT2D eigenvalue weighted by molar-refractivity contribution is -0.0413. The number of nitrogens with one attached hydrogen (secondary N) is 1. The third-order valence-corrected chi connectivity index (χ3v) is 18.0. The zero-order chi connectivity index (χ0) is 30.1. The number of aromatic amines is 1. The van der Waals surface area contributed by atoms with Crippen LogP contribution in [0.4, 0.5) is 0 Å². The number of aromatic nitrogens is 2. The second-order valence-electron chi connectivity index (χ2n) is 14.2. The standard InChI is InChI=1S/C30H50N2O6Si2/c1-29(2,3)39(7,8)36-20-25-24(38-40(9,10)30(4,5)6)18-26(37-25)32-19-22(27(34)31-28(32)35)17-23(33)16-21-14-12-11-13-15-21/h11-15,19,23-26,33H,16-18,20H2,1-10H3,(H,31,34,35)/t23?,24-,25+,26+/m0/s1. The minimum Gasteiger partial charge on any atom is -0.414 e. The smallest absolute Gasteiger partial charge is 0.330 e. The van der Waals surface area contributed by atoms with Gasteiger partial charge < -0.3 is 18.7 Å². The van der Waals surface area contributed by atoms with Crippen LogP contribution in [0.3, 0.4) is 0 Å². The Bertz CT molecular complexity index is 1240. The van der Waals surface area contributed by atoms with Crippen LogP contribution < -0.4 is 11.2 Å². The van der Waals surface area contributed by atoms with Crippen molar-refractivity contribution in [3.05, 3.63) is 68.5 Å². The molecular weight excluding hydrogens is 541 g/mol. The monoisotopic (exact) mass is 590 g/mol. The summed E-state index contributed by atoms with van der Waals surface area (Å²) in [5.74, 6) is 0. The van der Waals surface area contributed by atoms with Crippen LogP contribution in [0.25, 0.3) is 0 Å². The molecule has 1 saturated heterocycles. The van der Waals surface area contributed by atoms with E-state index >= 15 is 0 Å². The van der Waals surface area contributed by atoms with Crippen molar-refractivity contribution in [2.75, 3.05) is 6.61 Å². The van der Waals surface area contributed by atoms with E-state index in [1.807, 2.05) is 30.3 Å². The zero-order valence-electron chi connectivity index (χ0n) is 26.0. The Balaban J connectivity index is 1.86. The third kappa shape index (κ3) is 7.92. The SMILES string of the molecule is CC(C)(C)[Si](C)(C)OC[C@H]1O[C@@H](n2cc(CC(O)Cc3ccccc3)c(=O)[nH]c2=O)C[C@@H]1O[Si](C)(C)C(C)(C)C. The first kappa shape index (κ1) is 32.7. The van der Waals surface area contributed by atoms with Crippen molar-refractivity contribution in [1.82, 2.24) is 9.55 Å². The largest absolute Gasteiger partial charge is 0.414 e. The molecule has 0 saturated carbocycles. The van der Waals surface area contributed by atoms with E-state index in [2.05, 4.69) is 72.7 Å². The topological polar surface area (TPSA) is 103 Å². The molecule has 0 spiro atoms. The Morgan fingerprint density at radius 3 is 2.17 bits per heavy atom. The average molecular weight is 591 g/mol. The fourth-order valence-electron chi connectivity index (χ4n) is 4.31. The normalized spacial score (nSPS) is 21.5. The molecule has 3 rings (SSSR count). The first-order valence-corrected chi connectivity index (χ1v) is 20.2. The molecule has 0 radical (unpaired) electrons. The summed E-state index contributed by atoms with van der Waals surface area (Å²) in [6.07, 6.45) is 0.571. The van der Waals surface area contributed by atoms with E-state index in [9.17, 15) is 14.7 Å². The maximum atomic E-state index is 13.0. The van der Waals surface area contributed by atoms with Crippen LogP contribution in [-0.2, 0) is 26.4 Å². The summed E-state index contributed by atoms with van der Waals surface area (Å²) in [7, 11) is -4.19. The van der Waals surface area contributed by atoms with Crippen molar-refractivity contribution in [1.29, 1.82) is 0 Å². The second-order valence-corrected chi connectivity index (χ2v) is 23.8. The van der Waals surface area contributed by atoms with Crippen molar-refractivity contribution in [3.8, 4) is 0 Å². The Morgan fingerprint density at radius 2 is 1.60 bits per heavy atom. The molecule has 0 amide bonds. The Kier molecular flexibility index (Phi) is 9.96. The average Bonchev–Trinajstić information content (AvgIpc) is 3.20. The molecule has 2 N–H and O–H groups in total. The van der Waals surface area contributed by atoms with Crippen LogP contribution >= 0.6 is 0 Å². The molecule has 1 aliphatic heterocycles. The highest BCUT2D eigenvalue weighted by molar-refractivity contribution is 6.74. The summed E-state index contributed by atoms with van der Waals surface area (Å²) in [6, 6.07) is 9.63. The highest BCUT2D eigenvalue weighted by Gasteiger charge is 2.46. The Labute approximate surface area is 241 Å². The lowest BCUT2D eigenvalue weighted by Gasteiger charge is -2.40. The summed E-state index contributed by atoms with van der Waals surface area (Å²) in [4.78, 5) is 28.1. The van der Waals surface area contributed by atoms with Crippen molar-refractivity contribution in [3.63, 3.8) is 0 Å².